The number of ether oxygens (including phenoxy) is 5. The Labute approximate surface area is 599 Å². The molecule has 562 valence electrons. The van der Waals surface area contributed by atoms with Crippen LogP contribution in [0.3, 0.4) is 0 Å². The molecule has 0 spiro atoms. The highest BCUT2D eigenvalue weighted by Gasteiger charge is 2.49. The van der Waals surface area contributed by atoms with Crippen molar-refractivity contribution in [3.63, 3.8) is 0 Å². The number of carbonyl (C=O) groups is 10. The maximum Gasteiger partial charge on any atom is 0.407 e. The van der Waals surface area contributed by atoms with Crippen LogP contribution in [0.4, 0.5) is 9.59 Å². The summed E-state index contributed by atoms with van der Waals surface area (Å²) in [6.45, 7) is 0.553. The van der Waals surface area contributed by atoms with Gasteiger partial charge in [0.1, 0.15) is 79.3 Å². The van der Waals surface area contributed by atoms with Crippen molar-refractivity contribution in [3.8, 4) is 11.5 Å². The molecule has 10 amide bonds. The molecular formula is C72H92N10O22. The van der Waals surface area contributed by atoms with Crippen molar-refractivity contribution in [1.29, 1.82) is 0 Å². The van der Waals surface area contributed by atoms with Crippen molar-refractivity contribution in [2.75, 3.05) is 46.0 Å². The maximum absolute atomic E-state index is 15.3. The van der Waals surface area contributed by atoms with Gasteiger partial charge < -0.3 is 112 Å². The summed E-state index contributed by atoms with van der Waals surface area (Å²) in [6.07, 6.45) is -15.3. The standard InChI is InChI=1S/C72H92N10O22/c1-3-4-5-6-13-30-100-50-25-22-45-33-47(19-18-46(45)34-50)63(91)76-51-36-55(88)68(102-32-28-75-72(99)104-40-43-16-11-8-12-17-43)80-67(95)60-53(86)26-29-81(60)70(97)58(54(87)37-56(73)89)78-66(94)59(79-65(93)52-35-49(85)38-82(52)69(96)57(41(2)83)77-64(51)92)61(90)62(44-20-23-48(84)24-21-44)101-31-27-74-71(98)103-39-42-14-9-7-10-15-42/h7-12,14-25,33-34,41,49,51-55,57-62,68,83-88,90H,3-6,13,26-32,35-40H2,1-2H3,(H2,73,89)(H,74,98)(H,75,99)(H,76,91)(H,77,92)(H,78,94)(H,79,93)(H,80,95)/t41-,49-,51+,52+,53+,54-,55-,57+,58+,59+,60+,61+,62?,68-/m1/s1. The number of unbranched alkanes of at least 4 members (excludes halogenated alkanes) is 4. The number of nitrogens with one attached hydrogen (secondary N) is 7. The average molecular weight is 1450 g/mol. The van der Waals surface area contributed by atoms with Gasteiger partial charge >= 0.3 is 12.2 Å². The van der Waals surface area contributed by atoms with Crippen LogP contribution in [-0.4, -0.2) is 230 Å². The van der Waals surface area contributed by atoms with Crippen LogP contribution in [-0.2, 0) is 65.7 Å². The van der Waals surface area contributed by atoms with Crippen molar-refractivity contribution in [3.05, 3.63) is 144 Å². The zero-order chi connectivity index (χ0) is 75.0. The number of nitrogens with zero attached hydrogens (tertiary/aromatic N) is 2. The SMILES string of the molecule is CCCCCCCOc1ccc2cc(C(=O)N[C@H]3C[C@@H](O)[C@@H](OCCNC(=O)OCc4ccccc4)NC(=O)[C@@H]4[C@@H](O)CCN4C(=O)[C@H]([C@H](O)CC(N)=O)NC(=O)[C@H]([C@H](O)C(OCCNC(=O)OCc4ccccc4)c4ccc(O)cc4)NC(=O)[C@@H]4C[C@@H](O)CN4C(=O)[C@H]([C@@H](C)O)NC3=O)ccc2c1. The number of phenols is 1. The molecule has 0 saturated carbocycles. The molecule has 3 aliphatic heterocycles. The van der Waals surface area contributed by atoms with Crippen LogP contribution in [0.25, 0.3) is 10.8 Å². The molecule has 3 fully saturated rings. The summed E-state index contributed by atoms with van der Waals surface area (Å²) in [7, 11) is 0. The second-order valence-electron chi connectivity index (χ2n) is 25.6. The summed E-state index contributed by atoms with van der Waals surface area (Å²) in [5.41, 5.74) is 6.83. The van der Waals surface area contributed by atoms with Crippen LogP contribution < -0.4 is 47.7 Å². The Morgan fingerprint density at radius 1 is 0.635 bits per heavy atom. The number of rotatable bonds is 28. The molecule has 8 rings (SSSR count). The fourth-order valence-corrected chi connectivity index (χ4v) is 12.2. The van der Waals surface area contributed by atoms with E-state index in [1.165, 1.54) is 36.4 Å². The minimum absolute atomic E-state index is 0.0102. The topological polar surface area (TPSA) is 475 Å². The number of benzene rings is 5. The van der Waals surface area contributed by atoms with Crippen LogP contribution in [0.2, 0.25) is 0 Å². The van der Waals surface area contributed by atoms with Crippen molar-refractivity contribution >= 4 is 70.2 Å². The zero-order valence-electron chi connectivity index (χ0n) is 57.6. The zero-order valence-corrected chi connectivity index (χ0v) is 57.6. The van der Waals surface area contributed by atoms with Crippen LogP contribution in [0, 0.1) is 0 Å². The van der Waals surface area contributed by atoms with Gasteiger partial charge in [0.2, 0.25) is 41.4 Å². The Balaban J connectivity index is 1.16. The lowest BCUT2D eigenvalue weighted by Crippen LogP contribution is -2.64. The molecule has 0 radical (unpaired) electrons. The van der Waals surface area contributed by atoms with Crippen molar-refractivity contribution in [2.45, 2.75) is 170 Å². The second-order valence-corrected chi connectivity index (χ2v) is 25.6. The van der Waals surface area contributed by atoms with Gasteiger partial charge in [-0.2, -0.15) is 0 Å². The van der Waals surface area contributed by atoms with E-state index in [-0.39, 0.29) is 49.6 Å². The first-order chi connectivity index (χ1) is 49.9. The normalized spacial score (nSPS) is 23.3. The molecule has 104 heavy (non-hydrogen) atoms. The Morgan fingerprint density at radius 2 is 1.24 bits per heavy atom. The largest absolute Gasteiger partial charge is 0.508 e. The van der Waals surface area contributed by atoms with Gasteiger partial charge in [-0.3, -0.25) is 38.4 Å². The first-order valence-electron chi connectivity index (χ1n) is 34.5. The third-order valence-corrected chi connectivity index (χ3v) is 17.7. The third kappa shape index (κ3) is 22.7. The summed E-state index contributed by atoms with van der Waals surface area (Å²) in [5, 5.41) is 99.6. The van der Waals surface area contributed by atoms with E-state index in [9.17, 15) is 59.7 Å². The highest BCUT2D eigenvalue weighted by atomic mass is 16.6. The number of phenolic OH excluding ortho intramolecular Hbond substituents is 1. The molecule has 14 atom stereocenters. The molecule has 5 aromatic carbocycles. The molecule has 5 aromatic rings. The Kier molecular flexibility index (Phi) is 29.9. The first kappa shape index (κ1) is 79.6. The van der Waals surface area contributed by atoms with Crippen molar-refractivity contribution in [1.82, 2.24) is 47.0 Å². The first-order valence-corrected chi connectivity index (χ1v) is 34.5. The fourth-order valence-electron chi connectivity index (χ4n) is 12.2. The van der Waals surface area contributed by atoms with Crippen molar-refractivity contribution in [2.24, 2.45) is 5.73 Å². The molecule has 16 N–H and O–H groups in total. The van der Waals surface area contributed by atoms with E-state index in [0.717, 1.165) is 43.9 Å². The quantitative estimate of drug-likeness (QED) is 0.0297. The Bertz CT molecular complexity index is 3730. The summed E-state index contributed by atoms with van der Waals surface area (Å²) in [5.74, 6) is -9.86. The summed E-state index contributed by atoms with van der Waals surface area (Å²) in [6, 6.07) is 19.4. The molecular weight excluding hydrogens is 1360 g/mol. The predicted octanol–water partition coefficient (Wildman–Crippen LogP) is 0.183. The molecule has 32 nitrogen and oxygen atoms in total. The number of amides is 10. The van der Waals surface area contributed by atoms with Gasteiger partial charge in [0, 0.05) is 44.6 Å². The Morgan fingerprint density at radius 3 is 1.88 bits per heavy atom. The van der Waals surface area contributed by atoms with Gasteiger partial charge in [0.25, 0.3) is 5.91 Å². The number of carbonyl (C=O) groups excluding carboxylic acids is 10. The van der Waals surface area contributed by atoms with Crippen LogP contribution in [0.5, 0.6) is 11.5 Å². The second kappa shape index (κ2) is 39.0. The van der Waals surface area contributed by atoms with E-state index in [0.29, 0.717) is 39.2 Å². The van der Waals surface area contributed by atoms with Gasteiger partial charge in [-0.1, -0.05) is 118 Å². The third-order valence-electron chi connectivity index (χ3n) is 17.7. The monoisotopic (exact) mass is 1450 g/mol. The smallest absolute Gasteiger partial charge is 0.407 e. The molecule has 3 aliphatic rings. The van der Waals surface area contributed by atoms with Gasteiger partial charge in [-0.15, -0.1) is 0 Å². The number of aromatic hydroxyl groups is 1. The van der Waals surface area contributed by atoms with Crippen LogP contribution >= 0.6 is 0 Å². The van der Waals surface area contributed by atoms with E-state index < -0.39 is 190 Å². The number of hydrogen-bond acceptors (Lipinski definition) is 22. The number of fused-ring (bicyclic) bond motifs is 3. The van der Waals surface area contributed by atoms with Gasteiger partial charge in [0.15, 0.2) is 6.23 Å². The number of alkyl carbamates (subject to hydrolysis) is 2. The van der Waals surface area contributed by atoms with E-state index in [1.54, 1.807) is 84.9 Å². The molecule has 1 unspecified atom stereocenters. The average Bonchev–Trinajstić information content (AvgIpc) is 1.47. The van der Waals surface area contributed by atoms with E-state index in [4.69, 9.17) is 29.4 Å². The maximum atomic E-state index is 15.3. The van der Waals surface area contributed by atoms with E-state index >= 15 is 24.0 Å². The molecule has 0 bridgehead atoms. The lowest BCUT2D eigenvalue weighted by Gasteiger charge is -2.35. The lowest BCUT2D eigenvalue weighted by atomic mass is 9.96. The summed E-state index contributed by atoms with van der Waals surface area (Å²) < 4.78 is 28.7. The summed E-state index contributed by atoms with van der Waals surface area (Å²) >= 11 is 0. The predicted molar refractivity (Wildman–Crippen MR) is 370 cm³/mol. The molecule has 0 aromatic heterocycles. The highest BCUT2D eigenvalue weighted by molar-refractivity contribution is 6.02. The molecule has 3 heterocycles. The number of hydrogen-bond donors (Lipinski definition) is 15. The molecule has 32 heteroatoms. The van der Waals surface area contributed by atoms with Gasteiger partial charge in [-0.25, -0.2) is 9.59 Å². The lowest BCUT2D eigenvalue weighted by molar-refractivity contribution is -0.150. The van der Waals surface area contributed by atoms with E-state index in [1.807, 2.05) is 0 Å². The minimum Gasteiger partial charge on any atom is -0.508 e. The van der Waals surface area contributed by atoms with E-state index in [2.05, 4.69) is 44.1 Å². The van der Waals surface area contributed by atoms with Gasteiger partial charge in [0.05, 0.1) is 50.7 Å². The number of primary amides is 1. The minimum atomic E-state index is -2.39. The highest BCUT2D eigenvalue weighted by Crippen LogP contribution is 2.29. The van der Waals surface area contributed by atoms with Crippen molar-refractivity contribution < 1.29 is 107 Å². The number of aliphatic hydroxyl groups excluding tert-OH is 6. The molecule has 0 aliphatic carbocycles. The van der Waals surface area contributed by atoms with Crippen LogP contribution in [0.15, 0.2) is 121 Å². The van der Waals surface area contributed by atoms with Gasteiger partial charge in [-0.05, 0) is 83.6 Å². The number of aliphatic hydroxyl groups is 6. The number of nitrogens with two attached hydrogens (primary N) is 1. The van der Waals surface area contributed by atoms with Crippen LogP contribution in [0.1, 0.15) is 105 Å². The Hall–Kier alpha value is -10.1. The fraction of sp³-hybridized carbons (Fsp3) is 0.472. The summed E-state index contributed by atoms with van der Waals surface area (Å²) in [4.78, 5) is 145. The molecule has 3 saturated heterocycles.